The van der Waals surface area contributed by atoms with Gasteiger partial charge in [-0.1, -0.05) is 6.92 Å². The van der Waals surface area contributed by atoms with Crippen molar-refractivity contribution in [2.75, 3.05) is 20.2 Å². The summed E-state index contributed by atoms with van der Waals surface area (Å²) < 4.78 is 4.63. The van der Waals surface area contributed by atoms with Crippen LogP contribution in [0.15, 0.2) is 0 Å². The fourth-order valence-corrected chi connectivity index (χ4v) is 1.81. The van der Waals surface area contributed by atoms with Gasteiger partial charge < -0.3 is 15.4 Å². The lowest BCUT2D eigenvalue weighted by molar-refractivity contribution is -0.146. The summed E-state index contributed by atoms with van der Waals surface area (Å²) >= 11 is 0. The van der Waals surface area contributed by atoms with Crippen molar-refractivity contribution in [1.82, 2.24) is 10.6 Å². The molecule has 1 aliphatic heterocycles. The summed E-state index contributed by atoms with van der Waals surface area (Å²) in [6.07, 6.45) is 1.35. The summed E-state index contributed by atoms with van der Waals surface area (Å²) in [5.74, 6) is -0.458. The first-order chi connectivity index (χ1) is 7.53. The zero-order chi connectivity index (χ0) is 12.2. The van der Waals surface area contributed by atoms with E-state index in [-0.39, 0.29) is 24.3 Å². The molecule has 6 heteroatoms. The van der Waals surface area contributed by atoms with Crippen molar-refractivity contribution in [2.24, 2.45) is 5.41 Å². The second kappa shape index (κ2) is 6.81. The molecule has 1 saturated heterocycles. The van der Waals surface area contributed by atoms with Gasteiger partial charge in [0.1, 0.15) is 6.04 Å². The Hall–Kier alpha value is -0.810. The highest BCUT2D eigenvalue weighted by atomic mass is 35.5. The van der Waals surface area contributed by atoms with E-state index in [0.29, 0.717) is 13.0 Å². The number of halogens is 1. The lowest BCUT2D eigenvalue weighted by Gasteiger charge is -2.24. The van der Waals surface area contributed by atoms with Crippen molar-refractivity contribution in [3.8, 4) is 0 Å². The molecule has 5 nitrogen and oxygen atoms in total. The molecule has 100 valence electrons. The molecule has 1 heterocycles. The molecule has 1 rings (SSSR count). The number of carbonyl (C=O) groups excluding carboxylic acids is 2. The highest BCUT2D eigenvalue weighted by Gasteiger charge is 2.37. The first kappa shape index (κ1) is 16.2. The Kier molecular flexibility index (Phi) is 6.49. The van der Waals surface area contributed by atoms with E-state index < -0.39 is 11.5 Å². The largest absolute Gasteiger partial charge is 0.467 e. The Morgan fingerprint density at radius 2 is 2.18 bits per heavy atom. The molecule has 1 fully saturated rings. The summed E-state index contributed by atoms with van der Waals surface area (Å²) in [4.78, 5) is 23.3. The Bertz CT molecular complexity index is 278. The first-order valence-corrected chi connectivity index (χ1v) is 5.63. The van der Waals surface area contributed by atoms with Crippen LogP contribution in [0.5, 0.6) is 0 Å². The fourth-order valence-electron chi connectivity index (χ4n) is 1.81. The van der Waals surface area contributed by atoms with E-state index in [1.54, 1.807) is 0 Å². The first-order valence-electron chi connectivity index (χ1n) is 5.63. The molecule has 1 amide bonds. The normalized spacial score (nSPS) is 24.6. The van der Waals surface area contributed by atoms with Crippen LogP contribution in [0.25, 0.3) is 0 Å². The molecule has 2 unspecified atom stereocenters. The van der Waals surface area contributed by atoms with E-state index in [1.165, 1.54) is 7.11 Å². The summed E-state index contributed by atoms with van der Waals surface area (Å²) in [5, 5.41) is 5.90. The quantitative estimate of drug-likeness (QED) is 0.725. The summed E-state index contributed by atoms with van der Waals surface area (Å²) in [6.45, 7) is 5.26. The van der Waals surface area contributed by atoms with Gasteiger partial charge in [0.2, 0.25) is 5.91 Å². The van der Waals surface area contributed by atoms with Crippen LogP contribution in [0.3, 0.4) is 0 Å². The van der Waals surface area contributed by atoms with Gasteiger partial charge in [-0.3, -0.25) is 4.79 Å². The highest BCUT2D eigenvalue weighted by molar-refractivity contribution is 5.88. The van der Waals surface area contributed by atoms with E-state index >= 15 is 0 Å². The molecule has 0 aliphatic carbocycles. The van der Waals surface area contributed by atoms with Gasteiger partial charge in [-0.05, 0) is 26.3 Å². The topological polar surface area (TPSA) is 67.4 Å². The molecule has 2 atom stereocenters. The highest BCUT2D eigenvalue weighted by Crippen LogP contribution is 2.24. The van der Waals surface area contributed by atoms with Crippen molar-refractivity contribution >= 4 is 24.3 Å². The van der Waals surface area contributed by atoms with Gasteiger partial charge in [0.15, 0.2) is 0 Å². The molecule has 0 radical (unpaired) electrons. The Labute approximate surface area is 108 Å². The van der Waals surface area contributed by atoms with Crippen LogP contribution in [0.2, 0.25) is 0 Å². The predicted molar refractivity (Wildman–Crippen MR) is 67.1 cm³/mol. The minimum absolute atomic E-state index is 0. The predicted octanol–water partition coefficient (Wildman–Crippen LogP) is 0.476. The maximum atomic E-state index is 12.0. The maximum Gasteiger partial charge on any atom is 0.328 e. The second-order valence-electron chi connectivity index (χ2n) is 4.44. The molecule has 1 aliphatic rings. The second-order valence-corrected chi connectivity index (χ2v) is 4.44. The average molecular weight is 265 g/mol. The third-order valence-electron chi connectivity index (χ3n) is 3.12. The van der Waals surface area contributed by atoms with Crippen LogP contribution in [0.1, 0.15) is 26.7 Å². The van der Waals surface area contributed by atoms with Crippen molar-refractivity contribution in [3.63, 3.8) is 0 Å². The van der Waals surface area contributed by atoms with Gasteiger partial charge in [0, 0.05) is 6.54 Å². The number of carbonyl (C=O) groups is 2. The van der Waals surface area contributed by atoms with E-state index in [2.05, 4.69) is 15.4 Å². The molecular formula is C11H21ClN2O3. The minimum Gasteiger partial charge on any atom is -0.467 e. The number of methoxy groups -OCH3 is 1. The fraction of sp³-hybridized carbons (Fsp3) is 0.818. The van der Waals surface area contributed by atoms with Crippen LogP contribution < -0.4 is 10.6 Å². The third kappa shape index (κ3) is 3.85. The molecule has 0 spiro atoms. The Morgan fingerprint density at radius 3 is 2.59 bits per heavy atom. The van der Waals surface area contributed by atoms with E-state index in [9.17, 15) is 9.59 Å². The van der Waals surface area contributed by atoms with Crippen LogP contribution in [0, 0.1) is 5.41 Å². The summed E-state index contributed by atoms with van der Waals surface area (Å²) in [5.41, 5.74) is -0.401. The number of rotatable bonds is 4. The number of amides is 1. The van der Waals surface area contributed by atoms with E-state index in [1.807, 2.05) is 13.8 Å². The minimum atomic E-state index is -0.532. The number of nitrogens with one attached hydrogen (secondary N) is 2. The van der Waals surface area contributed by atoms with E-state index in [0.717, 1.165) is 13.0 Å². The lowest BCUT2D eigenvalue weighted by atomic mass is 9.88. The van der Waals surface area contributed by atoms with Gasteiger partial charge in [0.25, 0.3) is 0 Å². The van der Waals surface area contributed by atoms with Gasteiger partial charge in [-0.2, -0.15) is 0 Å². The molecule has 2 N–H and O–H groups in total. The number of hydrogen-bond acceptors (Lipinski definition) is 4. The number of ether oxygens (including phenoxy) is 1. The van der Waals surface area contributed by atoms with Crippen molar-refractivity contribution in [3.05, 3.63) is 0 Å². The van der Waals surface area contributed by atoms with Gasteiger partial charge in [-0.15, -0.1) is 12.4 Å². The lowest BCUT2D eigenvalue weighted by Crippen LogP contribution is -2.48. The maximum absolute atomic E-state index is 12.0. The zero-order valence-corrected chi connectivity index (χ0v) is 11.4. The molecular weight excluding hydrogens is 244 g/mol. The smallest absolute Gasteiger partial charge is 0.328 e. The molecule has 0 saturated carbocycles. The SMILES string of the molecule is CCC(NC(=O)C1(C)CCNC1)C(=O)OC.Cl. The summed E-state index contributed by atoms with van der Waals surface area (Å²) in [7, 11) is 1.33. The van der Waals surface area contributed by atoms with Gasteiger partial charge in [0.05, 0.1) is 12.5 Å². The average Bonchev–Trinajstić information content (AvgIpc) is 2.73. The molecule has 0 aromatic heterocycles. The van der Waals surface area contributed by atoms with Crippen molar-refractivity contribution in [1.29, 1.82) is 0 Å². The van der Waals surface area contributed by atoms with Crippen molar-refractivity contribution in [2.45, 2.75) is 32.7 Å². The third-order valence-corrected chi connectivity index (χ3v) is 3.12. The summed E-state index contributed by atoms with van der Waals surface area (Å²) in [6, 6.07) is -0.532. The molecule has 0 bridgehead atoms. The molecule has 0 aromatic rings. The van der Waals surface area contributed by atoms with Gasteiger partial charge >= 0.3 is 5.97 Å². The van der Waals surface area contributed by atoms with E-state index in [4.69, 9.17) is 0 Å². The molecule has 0 aromatic carbocycles. The van der Waals surface area contributed by atoms with Gasteiger partial charge in [-0.25, -0.2) is 4.79 Å². The Balaban J connectivity index is 0.00000256. The monoisotopic (exact) mass is 264 g/mol. The number of esters is 1. The Morgan fingerprint density at radius 1 is 1.53 bits per heavy atom. The van der Waals surface area contributed by atoms with Crippen LogP contribution in [-0.2, 0) is 14.3 Å². The zero-order valence-electron chi connectivity index (χ0n) is 10.5. The van der Waals surface area contributed by atoms with Crippen molar-refractivity contribution < 1.29 is 14.3 Å². The van der Waals surface area contributed by atoms with Crippen LogP contribution >= 0.6 is 12.4 Å². The number of hydrogen-bond donors (Lipinski definition) is 2. The van der Waals surface area contributed by atoms with Crippen LogP contribution in [-0.4, -0.2) is 38.1 Å². The molecule has 17 heavy (non-hydrogen) atoms. The van der Waals surface area contributed by atoms with Crippen LogP contribution in [0.4, 0.5) is 0 Å². The standard InChI is InChI=1S/C11H20N2O3.ClH/c1-4-8(9(14)16-3)13-10(15)11(2)5-6-12-7-11;/h8,12H,4-7H2,1-3H3,(H,13,15);1H.